The molecule has 3 aromatic rings. The van der Waals surface area contributed by atoms with E-state index >= 15 is 0 Å². The molecular weight excluding hydrogens is 391 g/mol. The molecule has 1 N–H and O–H groups in total. The SMILES string of the molecule is O=C(NCC[C@@H]1CCOC1)c1csc2nc(-c3ccc(C(F)(F)F)cc3)cn12. The van der Waals surface area contributed by atoms with Crippen molar-refractivity contribution in [2.24, 2.45) is 5.92 Å². The third kappa shape index (κ3) is 3.90. The van der Waals surface area contributed by atoms with E-state index in [2.05, 4.69) is 10.3 Å². The predicted octanol–water partition coefficient (Wildman–Crippen LogP) is 4.24. The fraction of sp³-hybridized carbons (Fsp3) is 0.368. The number of aromatic nitrogens is 2. The number of fused-ring (bicyclic) bond motifs is 1. The van der Waals surface area contributed by atoms with Crippen LogP contribution in [-0.4, -0.2) is 35.1 Å². The smallest absolute Gasteiger partial charge is 0.381 e. The highest BCUT2D eigenvalue weighted by Crippen LogP contribution is 2.31. The van der Waals surface area contributed by atoms with E-state index < -0.39 is 11.7 Å². The van der Waals surface area contributed by atoms with Crippen LogP contribution >= 0.6 is 11.3 Å². The van der Waals surface area contributed by atoms with Crippen LogP contribution in [0.15, 0.2) is 35.8 Å². The Bertz CT molecular complexity index is 973. The third-order valence-electron chi connectivity index (χ3n) is 4.81. The van der Waals surface area contributed by atoms with Crippen molar-refractivity contribution in [3.05, 3.63) is 47.1 Å². The summed E-state index contributed by atoms with van der Waals surface area (Å²) in [6.07, 6.45) is -0.798. The van der Waals surface area contributed by atoms with Gasteiger partial charge in [0.05, 0.1) is 11.3 Å². The summed E-state index contributed by atoms with van der Waals surface area (Å²) >= 11 is 1.31. The first-order chi connectivity index (χ1) is 13.4. The van der Waals surface area contributed by atoms with Gasteiger partial charge in [0.2, 0.25) is 0 Å². The molecule has 0 bridgehead atoms. The van der Waals surface area contributed by atoms with Gasteiger partial charge in [-0.3, -0.25) is 9.20 Å². The molecule has 2 aromatic heterocycles. The normalized spacial score (nSPS) is 17.3. The van der Waals surface area contributed by atoms with Crippen molar-refractivity contribution >= 4 is 22.2 Å². The van der Waals surface area contributed by atoms with Gasteiger partial charge in [0.1, 0.15) is 5.69 Å². The Kier molecular flexibility index (Phi) is 5.11. The highest BCUT2D eigenvalue weighted by Gasteiger charge is 2.30. The van der Waals surface area contributed by atoms with E-state index in [4.69, 9.17) is 4.74 Å². The first-order valence-electron chi connectivity index (χ1n) is 8.92. The number of carbonyl (C=O) groups excluding carboxylic acids is 1. The van der Waals surface area contributed by atoms with E-state index in [9.17, 15) is 18.0 Å². The third-order valence-corrected chi connectivity index (χ3v) is 5.65. The fourth-order valence-corrected chi connectivity index (χ4v) is 4.06. The van der Waals surface area contributed by atoms with Crippen molar-refractivity contribution < 1.29 is 22.7 Å². The Morgan fingerprint density at radius 2 is 2.11 bits per heavy atom. The van der Waals surface area contributed by atoms with Crippen LogP contribution in [0, 0.1) is 5.92 Å². The highest BCUT2D eigenvalue weighted by molar-refractivity contribution is 7.15. The quantitative estimate of drug-likeness (QED) is 0.686. The number of carbonyl (C=O) groups is 1. The monoisotopic (exact) mass is 409 g/mol. The molecule has 3 heterocycles. The number of ether oxygens (including phenoxy) is 1. The lowest BCUT2D eigenvalue weighted by Gasteiger charge is -2.08. The maximum Gasteiger partial charge on any atom is 0.416 e. The summed E-state index contributed by atoms with van der Waals surface area (Å²) in [6.45, 7) is 2.10. The highest BCUT2D eigenvalue weighted by atomic mass is 32.1. The van der Waals surface area contributed by atoms with Crippen molar-refractivity contribution in [2.75, 3.05) is 19.8 Å². The summed E-state index contributed by atoms with van der Waals surface area (Å²) < 4.78 is 45.1. The van der Waals surface area contributed by atoms with Crippen LogP contribution in [-0.2, 0) is 10.9 Å². The largest absolute Gasteiger partial charge is 0.416 e. The molecule has 0 radical (unpaired) electrons. The lowest BCUT2D eigenvalue weighted by Crippen LogP contribution is -2.27. The topological polar surface area (TPSA) is 55.6 Å². The number of thiazole rings is 1. The molecule has 4 rings (SSSR count). The van der Waals surface area contributed by atoms with Crippen LogP contribution in [0.5, 0.6) is 0 Å². The van der Waals surface area contributed by atoms with Crippen LogP contribution in [0.3, 0.4) is 0 Å². The predicted molar refractivity (Wildman–Crippen MR) is 99.4 cm³/mol. The molecule has 1 atom stereocenters. The second kappa shape index (κ2) is 7.56. The van der Waals surface area contributed by atoms with Gasteiger partial charge in [-0.25, -0.2) is 4.98 Å². The standard InChI is InChI=1S/C19H18F3N3O2S/c20-19(21,22)14-3-1-13(2-4-14)15-9-25-16(11-28-18(25)24-15)17(26)23-7-5-12-6-8-27-10-12/h1-4,9,11-12H,5-8,10H2,(H,23,26)/t12-/m1/s1. The molecule has 1 aromatic carbocycles. The second-order valence-corrected chi connectivity index (χ2v) is 7.59. The minimum atomic E-state index is -4.37. The van der Waals surface area contributed by atoms with Crippen LogP contribution in [0.25, 0.3) is 16.2 Å². The van der Waals surface area contributed by atoms with Gasteiger partial charge < -0.3 is 10.1 Å². The second-order valence-electron chi connectivity index (χ2n) is 6.75. The number of nitrogens with one attached hydrogen (secondary N) is 1. The molecule has 148 valence electrons. The number of halogens is 3. The van der Waals surface area contributed by atoms with Crippen molar-refractivity contribution in [3.63, 3.8) is 0 Å². The molecule has 1 aliphatic heterocycles. The molecular formula is C19H18F3N3O2S. The molecule has 1 aliphatic rings. The molecule has 0 aliphatic carbocycles. The van der Waals surface area contributed by atoms with Crippen molar-refractivity contribution in [1.29, 1.82) is 0 Å². The van der Waals surface area contributed by atoms with E-state index in [1.807, 2.05) is 0 Å². The molecule has 5 nitrogen and oxygen atoms in total. The molecule has 1 saturated heterocycles. The van der Waals surface area contributed by atoms with Gasteiger partial charge in [0.15, 0.2) is 4.96 Å². The lowest BCUT2D eigenvalue weighted by molar-refractivity contribution is -0.137. The average molecular weight is 409 g/mol. The van der Waals surface area contributed by atoms with Gasteiger partial charge in [0.25, 0.3) is 5.91 Å². The number of imidazole rings is 1. The number of alkyl halides is 3. The number of amides is 1. The van der Waals surface area contributed by atoms with Gasteiger partial charge in [-0.05, 0) is 30.9 Å². The van der Waals surface area contributed by atoms with E-state index in [-0.39, 0.29) is 5.91 Å². The van der Waals surface area contributed by atoms with Crippen molar-refractivity contribution in [2.45, 2.75) is 19.0 Å². The zero-order valence-corrected chi connectivity index (χ0v) is 15.6. The first-order valence-corrected chi connectivity index (χ1v) is 9.80. The van der Waals surface area contributed by atoms with Gasteiger partial charge in [-0.15, -0.1) is 11.3 Å². The number of benzene rings is 1. The number of hydrogen-bond acceptors (Lipinski definition) is 4. The summed E-state index contributed by atoms with van der Waals surface area (Å²) in [6, 6.07) is 4.84. The molecule has 9 heteroatoms. The maximum atomic E-state index is 12.7. The number of nitrogens with zero attached hydrogens (tertiary/aromatic N) is 2. The van der Waals surface area contributed by atoms with Gasteiger partial charge in [-0.2, -0.15) is 13.2 Å². The van der Waals surface area contributed by atoms with Crippen LogP contribution in [0.2, 0.25) is 0 Å². The minimum Gasteiger partial charge on any atom is -0.381 e. The average Bonchev–Trinajstić information content (AvgIpc) is 3.38. The van der Waals surface area contributed by atoms with Gasteiger partial charge in [-0.1, -0.05) is 12.1 Å². The molecule has 0 unspecified atom stereocenters. The molecule has 0 spiro atoms. The van der Waals surface area contributed by atoms with Gasteiger partial charge >= 0.3 is 6.18 Å². The Hall–Kier alpha value is -2.39. The minimum absolute atomic E-state index is 0.193. The van der Waals surface area contributed by atoms with Crippen molar-refractivity contribution in [3.8, 4) is 11.3 Å². The van der Waals surface area contributed by atoms with Crippen LogP contribution in [0.1, 0.15) is 28.9 Å². The van der Waals surface area contributed by atoms with E-state index in [1.165, 1.54) is 23.5 Å². The van der Waals surface area contributed by atoms with Crippen LogP contribution in [0.4, 0.5) is 13.2 Å². The Morgan fingerprint density at radius 1 is 1.32 bits per heavy atom. The van der Waals surface area contributed by atoms with E-state index in [0.29, 0.717) is 34.4 Å². The zero-order chi connectivity index (χ0) is 19.7. The van der Waals surface area contributed by atoms with E-state index in [0.717, 1.165) is 38.2 Å². The molecule has 1 fully saturated rings. The molecule has 28 heavy (non-hydrogen) atoms. The summed E-state index contributed by atoms with van der Waals surface area (Å²) in [5.74, 6) is 0.295. The fourth-order valence-electron chi connectivity index (χ4n) is 3.21. The van der Waals surface area contributed by atoms with E-state index in [1.54, 1.807) is 16.0 Å². The molecule has 0 saturated carbocycles. The van der Waals surface area contributed by atoms with Gasteiger partial charge in [0, 0.05) is 36.9 Å². The summed E-state index contributed by atoms with van der Waals surface area (Å²) in [5, 5.41) is 4.64. The van der Waals surface area contributed by atoms with Crippen molar-refractivity contribution in [1.82, 2.24) is 14.7 Å². The maximum absolute atomic E-state index is 12.7. The Balaban J connectivity index is 1.47. The first kappa shape index (κ1) is 18.9. The number of hydrogen-bond donors (Lipinski definition) is 1. The summed E-state index contributed by atoms with van der Waals surface area (Å²) in [5.41, 5.74) is 0.854. The summed E-state index contributed by atoms with van der Waals surface area (Å²) in [4.78, 5) is 17.5. The molecule has 1 amide bonds. The Labute approximate surface area is 163 Å². The lowest BCUT2D eigenvalue weighted by atomic mass is 10.1. The van der Waals surface area contributed by atoms with Crippen LogP contribution < -0.4 is 5.32 Å². The summed E-state index contributed by atoms with van der Waals surface area (Å²) in [7, 11) is 0. The zero-order valence-electron chi connectivity index (χ0n) is 14.8. The number of rotatable bonds is 5. The Morgan fingerprint density at radius 3 is 2.79 bits per heavy atom.